The number of ether oxygens (including phenoxy) is 1. The monoisotopic (exact) mass is 274 g/mol. The molecule has 0 radical (unpaired) electrons. The van der Waals surface area contributed by atoms with Crippen molar-refractivity contribution < 1.29 is 14.3 Å². The third-order valence-corrected chi connectivity index (χ3v) is 2.67. The number of rotatable bonds is 6. The molecule has 0 spiro atoms. The van der Waals surface area contributed by atoms with Gasteiger partial charge in [-0.05, 0) is 37.6 Å². The van der Waals surface area contributed by atoms with Gasteiger partial charge in [0.25, 0.3) is 5.91 Å². The summed E-state index contributed by atoms with van der Waals surface area (Å²) in [5, 5.41) is 8.73. The molecule has 0 saturated heterocycles. The number of hydrogen-bond acceptors (Lipinski definition) is 4. The van der Waals surface area contributed by atoms with Gasteiger partial charge in [-0.15, -0.1) is 0 Å². The molecule has 20 heavy (non-hydrogen) atoms. The molecule has 5 nitrogen and oxygen atoms in total. The van der Waals surface area contributed by atoms with Crippen LogP contribution < -0.4 is 0 Å². The van der Waals surface area contributed by atoms with Gasteiger partial charge in [0.15, 0.2) is 0 Å². The minimum atomic E-state index is -0.414. The van der Waals surface area contributed by atoms with Crippen molar-refractivity contribution in [2.45, 2.75) is 20.3 Å². The summed E-state index contributed by atoms with van der Waals surface area (Å²) >= 11 is 0. The number of esters is 1. The lowest BCUT2D eigenvalue weighted by molar-refractivity contribution is -0.143. The van der Waals surface area contributed by atoms with Crippen molar-refractivity contribution in [1.82, 2.24) is 4.90 Å². The molecule has 0 aliphatic rings. The lowest BCUT2D eigenvalue weighted by Gasteiger charge is -2.21. The molecule has 0 heterocycles. The van der Waals surface area contributed by atoms with Crippen molar-refractivity contribution >= 4 is 11.9 Å². The summed E-state index contributed by atoms with van der Waals surface area (Å²) in [4.78, 5) is 25.3. The van der Waals surface area contributed by atoms with Gasteiger partial charge in [-0.1, -0.05) is 6.92 Å². The van der Waals surface area contributed by atoms with Crippen LogP contribution in [0.3, 0.4) is 0 Å². The van der Waals surface area contributed by atoms with Crippen LogP contribution in [0.15, 0.2) is 24.3 Å². The molecule has 1 rings (SSSR count). The van der Waals surface area contributed by atoms with E-state index in [-0.39, 0.29) is 12.5 Å². The zero-order chi connectivity index (χ0) is 15.0. The van der Waals surface area contributed by atoms with E-state index in [2.05, 4.69) is 0 Å². The molecule has 1 amide bonds. The molecule has 0 aliphatic heterocycles. The second-order valence-corrected chi connectivity index (χ2v) is 4.22. The van der Waals surface area contributed by atoms with Gasteiger partial charge in [0.1, 0.15) is 6.54 Å². The van der Waals surface area contributed by atoms with Crippen molar-refractivity contribution in [3.8, 4) is 6.07 Å². The van der Waals surface area contributed by atoms with E-state index >= 15 is 0 Å². The third kappa shape index (κ3) is 4.39. The Balaban J connectivity index is 2.81. The third-order valence-electron chi connectivity index (χ3n) is 2.67. The van der Waals surface area contributed by atoms with Crippen molar-refractivity contribution in [2.24, 2.45) is 0 Å². The van der Waals surface area contributed by atoms with Crippen LogP contribution in [0.4, 0.5) is 0 Å². The molecule has 1 aromatic carbocycles. The molecule has 0 aromatic heterocycles. The summed E-state index contributed by atoms with van der Waals surface area (Å²) in [6.45, 7) is 4.39. The van der Waals surface area contributed by atoms with Crippen molar-refractivity contribution in [2.75, 3.05) is 19.7 Å². The predicted octanol–water partition coefficient (Wildman–Crippen LogP) is 1.97. The van der Waals surface area contributed by atoms with Crippen molar-refractivity contribution in [1.29, 1.82) is 5.26 Å². The van der Waals surface area contributed by atoms with Crippen LogP contribution in [0.2, 0.25) is 0 Å². The lowest BCUT2D eigenvalue weighted by Crippen LogP contribution is -2.37. The number of benzene rings is 1. The molecule has 0 atom stereocenters. The summed E-state index contributed by atoms with van der Waals surface area (Å²) in [5.74, 6) is -0.646. The number of amides is 1. The highest BCUT2D eigenvalue weighted by Crippen LogP contribution is 2.08. The first-order chi connectivity index (χ1) is 9.62. The standard InChI is InChI=1S/C15H18N2O3/c1-3-9-17(11-14(18)20-4-2)15(19)13-7-5-12(10-16)6-8-13/h5-8H,3-4,9,11H2,1-2H3. The maximum atomic E-state index is 12.3. The van der Waals surface area contributed by atoms with Gasteiger partial charge in [-0.2, -0.15) is 5.26 Å². The zero-order valence-corrected chi connectivity index (χ0v) is 11.8. The highest BCUT2D eigenvalue weighted by molar-refractivity contribution is 5.96. The summed E-state index contributed by atoms with van der Waals surface area (Å²) < 4.78 is 4.87. The van der Waals surface area contributed by atoms with E-state index in [1.54, 1.807) is 31.2 Å². The smallest absolute Gasteiger partial charge is 0.325 e. The van der Waals surface area contributed by atoms with E-state index in [0.29, 0.717) is 24.3 Å². The Morgan fingerprint density at radius 3 is 2.40 bits per heavy atom. The summed E-state index contributed by atoms with van der Waals surface area (Å²) in [6, 6.07) is 8.35. The molecule has 0 bridgehead atoms. The normalized spacial score (nSPS) is 9.65. The first-order valence-electron chi connectivity index (χ1n) is 6.57. The Labute approximate surface area is 118 Å². The van der Waals surface area contributed by atoms with E-state index in [9.17, 15) is 9.59 Å². The van der Waals surface area contributed by atoms with Crippen LogP contribution in [0.25, 0.3) is 0 Å². The number of nitrogens with zero attached hydrogens (tertiary/aromatic N) is 2. The molecule has 0 fully saturated rings. The van der Waals surface area contributed by atoms with E-state index < -0.39 is 5.97 Å². The van der Waals surface area contributed by atoms with Crippen LogP contribution in [-0.4, -0.2) is 36.5 Å². The Hall–Kier alpha value is -2.35. The number of nitriles is 1. The molecule has 0 unspecified atom stereocenters. The summed E-state index contributed by atoms with van der Waals surface area (Å²) in [7, 11) is 0. The Bertz CT molecular complexity index is 503. The lowest BCUT2D eigenvalue weighted by atomic mass is 10.1. The summed E-state index contributed by atoms with van der Waals surface area (Å²) in [5.41, 5.74) is 0.954. The first-order valence-corrected chi connectivity index (χ1v) is 6.57. The molecule has 0 N–H and O–H groups in total. The van der Waals surface area contributed by atoms with Gasteiger partial charge >= 0.3 is 5.97 Å². The Morgan fingerprint density at radius 2 is 1.90 bits per heavy atom. The highest BCUT2D eigenvalue weighted by Gasteiger charge is 2.18. The number of hydrogen-bond donors (Lipinski definition) is 0. The minimum absolute atomic E-state index is 0.0550. The quantitative estimate of drug-likeness (QED) is 0.744. The summed E-state index contributed by atoms with van der Waals surface area (Å²) in [6.07, 6.45) is 0.751. The van der Waals surface area contributed by atoms with Crippen molar-refractivity contribution in [3.05, 3.63) is 35.4 Å². The van der Waals surface area contributed by atoms with Crippen LogP contribution in [0.5, 0.6) is 0 Å². The van der Waals surface area contributed by atoms with E-state index in [1.807, 2.05) is 13.0 Å². The first kappa shape index (κ1) is 15.7. The molecule has 5 heteroatoms. The number of carbonyl (C=O) groups is 2. The van der Waals surface area contributed by atoms with E-state index in [4.69, 9.17) is 10.00 Å². The molecular weight excluding hydrogens is 256 g/mol. The predicted molar refractivity (Wildman–Crippen MR) is 74.0 cm³/mol. The van der Waals surface area contributed by atoms with E-state index in [0.717, 1.165) is 6.42 Å². The van der Waals surface area contributed by atoms with Gasteiger partial charge in [0, 0.05) is 12.1 Å². The SMILES string of the molecule is CCCN(CC(=O)OCC)C(=O)c1ccc(C#N)cc1. The Kier molecular flexibility index (Phi) is 6.24. The fourth-order valence-corrected chi connectivity index (χ4v) is 1.75. The van der Waals surface area contributed by atoms with Crippen molar-refractivity contribution in [3.63, 3.8) is 0 Å². The van der Waals surface area contributed by atoms with Gasteiger partial charge in [0.2, 0.25) is 0 Å². The van der Waals surface area contributed by atoms with Crippen LogP contribution in [0, 0.1) is 11.3 Å². The topological polar surface area (TPSA) is 70.4 Å². The zero-order valence-electron chi connectivity index (χ0n) is 11.8. The molecule has 0 saturated carbocycles. The van der Waals surface area contributed by atoms with Gasteiger partial charge < -0.3 is 9.64 Å². The van der Waals surface area contributed by atoms with Gasteiger partial charge in [0.05, 0.1) is 18.2 Å². The van der Waals surface area contributed by atoms with E-state index in [1.165, 1.54) is 4.90 Å². The maximum absolute atomic E-state index is 12.3. The average Bonchev–Trinajstić information content (AvgIpc) is 2.46. The second-order valence-electron chi connectivity index (χ2n) is 4.22. The highest BCUT2D eigenvalue weighted by atomic mass is 16.5. The van der Waals surface area contributed by atoms with Gasteiger partial charge in [-0.25, -0.2) is 0 Å². The van der Waals surface area contributed by atoms with Gasteiger partial charge in [-0.3, -0.25) is 9.59 Å². The Morgan fingerprint density at radius 1 is 1.25 bits per heavy atom. The van der Waals surface area contributed by atoms with Crippen LogP contribution in [0.1, 0.15) is 36.2 Å². The maximum Gasteiger partial charge on any atom is 0.325 e. The molecule has 1 aromatic rings. The largest absolute Gasteiger partial charge is 0.465 e. The van der Waals surface area contributed by atoms with Crippen LogP contribution >= 0.6 is 0 Å². The van der Waals surface area contributed by atoms with Crippen LogP contribution in [-0.2, 0) is 9.53 Å². The fourth-order valence-electron chi connectivity index (χ4n) is 1.75. The molecule has 106 valence electrons. The minimum Gasteiger partial charge on any atom is -0.465 e. The molecular formula is C15H18N2O3. The molecule has 0 aliphatic carbocycles. The average molecular weight is 274 g/mol. The second kappa shape index (κ2) is 7.95. The number of carbonyl (C=O) groups excluding carboxylic acids is 2. The fraction of sp³-hybridized carbons (Fsp3) is 0.400.